The van der Waals surface area contributed by atoms with Crippen LogP contribution in [0.2, 0.25) is 5.02 Å². The van der Waals surface area contributed by atoms with Crippen molar-refractivity contribution in [2.24, 2.45) is 5.73 Å². The largest absolute Gasteiger partial charge is 0.493 e. The summed E-state index contributed by atoms with van der Waals surface area (Å²) in [7, 11) is 0. The molecule has 1 heterocycles. The summed E-state index contributed by atoms with van der Waals surface area (Å²) in [6.07, 6.45) is 2.42. The molecule has 2 nitrogen and oxygen atoms in total. The summed E-state index contributed by atoms with van der Waals surface area (Å²) >= 11 is 5.82. The second-order valence-corrected chi connectivity index (χ2v) is 5.72. The van der Waals surface area contributed by atoms with Crippen LogP contribution < -0.4 is 10.5 Å². The van der Waals surface area contributed by atoms with E-state index in [-0.39, 0.29) is 16.9 Å². The number of aryl methyl sites for hydroxylation is 1. The smallest absolute Gasteiger partial charge is 0.145 e. The van der Waals surface area contributed by atoms with Gasteiger partial charge in [0.05, 0.1) is 11.6 Å². The second-order valence-electron chi connectivity index (χ2n) is 5.31. The van der Waals surface area contributed by atoms with Gasteiger partial charge in [0.25, 0.3) is 0 Å². The van der Waals surface area contributed by atoms with Crippen LogP contribution in [0.1, 0.15) is 29.2 Å². The Bertz CT molecular complexity index is 659. The maximum Gasteiger partial charge on any atom is 0.145 e. The van der Waals surface area contributed by atoms with Crippen molar-refractivity contribution in [3.8, 4) is 5.75 Å². The normalized spacial score (nSPS) is 15.2. The fourth-order valence-electron chi connectivity index (χ4n) is 2.76. The number of hydrogen-bond donors (Lipinski definition) is 1. The van der Waals surface area contributed by atoms with Gasteiger partial charge in [-0.2, -0.15) is 0 Å². The van der Waals surface area contributed by atoms with E-state index in [1.54, 1.807) is 18.2 Å². The van der Waals surface area contributed by atoms with Crippen LogP contribution in [0.5, 0.6) is 5.75 Å². The van der Waals surface area contributed by atoms with Crippen molar-refractivity contribution in [3.05, 3.63) is 63.9 Å². The maximum atomic E-state index is 14.0. The van der Waals surface area contributed by atoms with Crippen LogP contribution in [0, 0.1) is 5.82 Å². The zero-order valence-electron chi connectivity index (χ0n) is 11.6. The highest BCUT2D eigenvalue weighted by atomic mass is 35.5. The van der Waals surface area contributed by atoms with Gasteiger partial charge in [-0.3, -0.25) is 0 Å². The predicted octanol–water partition coefficient (Wildman–Crippen LogP) is 4.05. The third-order valence-electron chi connectivity index (χ3n) is 3.83. The topological polar surface area (TPSA) is 35.2 Å². The van der Waals surface area contributed by atoms with Crippen molar-refractivity contribution in [2.45, 2.75) is 25.3 Å². The lowest BCUT2D eigenvalue weighted by molar-refractivity contribution is 0.283. The van der Waals surface area contributed by atoms with Gasteiger partial charge >= 0.3 is 0 Å². The average molecular weight is 306 g/mol. The minimum atomic E-state index is -0.389. The monoisotopic (exact) mass is 305 g/mol. The molecule has 0 fully saturated rings. The molecule has 4 heteroatoms. The third-order valence-corrected chi connectivity index (χ3v) is 4.13. The van der Waals surface area contributed by atoms with E-state index in [1.807, 2.05) is 12.1 Å². The fourth-order valence-corrected chi connectivity index (χ4v) is 2.95. The number of ether oxygens (including phenoxy) is 1. The second kappa shape index (κ2) is 6.04. The Hall–Kier alpha value is -1.58. The Morgan fingerprint density at radius 1 is 1.24 bits per heavy atom. The van der Waals surface area contributed by atoms with Crippen molar-refractivity contribution in [2.75, 3.05) is 6.61 Å². The predicted molar refractivity (Wildman–Crippen MR) is 82.3 cm³/mol. The Balaban J connectivity index is 1.89. The molecule has 0 saturated heterocycles. The van der Waals surface area contributed by atoms with Gasteiger partial charge in [-0.25, -0.2) is 4.39 Å². The van der Waals surface area contributed by atoms with Crippen LogP contribution >= 0.6 is 11.6 Å². The molecule has 1 aliphatic heterocycles. The van der Waals surface area contributed by atoms with E-state index in [0.717, 1.165) is 24.2 Å². The molecular formula is C17H17ClFNO. The van der Waals surface area contributed by atoms with E-state index in [9.17, 15) is 4.39 Å². The van der Waals surface area contributed by atoms with Crippen LogP contribution in [0.3, 0.4) is 0 Å². The number of para-hydroxylation sites is 1. The zero-order valence-corrected chi connectivity index (χ0v) is 12.4. The molecule has 2 N–H and O–H groups in total. The average Bonchev–Trinajstić information content (AvgIpc) is 2.51. The van der Waals surface area contributed by atoms with Gasteiger partial charge in [-0.1, -0.05) is 41.9 Å². The number of hydrogen-bond acceptors (Lipinski definition) is 2. The Morgan fingerprint density at radius 3 is 2.90 bits per heavy atom. The van der Waals surface area contributed by atoms with Crippen LogP contribution in [-0.2, 0) is 12.8 Å². The van der Waals surface area contributed by atoms with Gasteiger partial charge in [0.15, 0.2) is 0 Å². The lowest BCUT2D eigenvalue weighted by Gasteiger charge is -2.23. The number of halogens is 2. The van der Waals surface area contributed by atoms with E-state index < -0.39 is 0 Å². The van der Waals surface area contributed by atoms with Gasteiger partial charge in [0.1, 0.15) is 11.6 Å². The van der Waals surface area contributed by atoms with Gasteiger partial charge in [0, 0.05) is 11.6 Å². The van der Waals surface area contributed by atoms with E-state index in [0.29, 0.717) is 18.6 Å². The summed E-state index contributed by atoms with van der Waals surface area (Å²) in [5, 5.41) is 0.131. The van der Waals surface area contributed by atoms with Crippen LogP contribution in [0.4, 0.5) is 4.39 Å². The van der Waals surface area contributed by atoms with Crippen molar-refractivity contribution in [3.63, 3.8) is 0 Å². The van der Waals surface area contributed by atoms with Gasteiger partial charge < -0.3 is 10.5 Å². The Morgan fingerprint density at radius 2 is 2.05 bits per heavy atom. The molecular weight excluding hydrogens is 289 g/mol. The van der Waals surface area contributed by atoms with Gasteiger partial charge in [-0.15, -0.1) is 0 Å². The van der Waals surface area contributed by atoms with Crippen molar-refractivity contribution < 1.29 is 9.13 Å². The third kappa shape index (κ3) is 2.89. The molecule has 0 radical (unpaired) electrons. The van der Waals surface area contributed by atoms with Crippen molar-refractivity contribution in [1.29, 1.82) is 0 Å². The first-order chi connectivity index (χ1) is 10.2. The molecule has 1 unspecified atom stereocenters. The lowest BCUT2D eigenvalue weighted by atomic mass is 9.94. The maximum absolute atomic E-state index is 14.0. The Labute approximate surface area is 128 Å². The highest BCUT2D eigenvalue weighted by molar-refractivity contribution is 6.30. The first-order valence-corrected chi connectivity index (χ1v) is 7.47. The van der Waals surface area contributed by atoms with E-state index >= 15 is 0 Å². The molecule has 21 heavy (non-hydrogen) atoms. The molecule has 0 aliphatic carbocycles. The highest BCUT2D eigenvalue weighted by Crippen LogP contribution is 2.33. The van der Waals surface area contributed by atoms with Crippen LogP contribution in [0.15, 0.2) is 36.4 Å². The Kier molecular flexibility index (Phi) is 4.13. The molecule has 0 aromatic heterocycles. The van der Waals surface area contributed by atoms with Gasteiger partial charge in [-0.05, 0) is 36.5 Å². The van der Waals surface area contributed by atoms with Crippen LogP contribution in [-0.4, -0.2) is 6.61 Å². The number of rotatable bonds is 3. The minimum absolute atomic E-state index is 0.131. The number of nitrogens with two attached hydrogens (primary N) is 1. The van der Waals surface area contributed by atoms with Crippen molar-refractivity contribution >= 4 is 11.6 Å². The first-order valence-electron chi connectivity index (χ1n) is 7.10. The molecule has 1 aliphatic rings. The molecule has 0 amide bonds. The fraction of sp³-hybridized carbons (Fsp3) is 0.294. The molecule has 2 aromatic rings. The lowest BCUT2D eigenvalue weighted by Crippen LogP contribution is -2.18. The number of benzene rings is 2. The summed E-state index contributed by atoms with van der Waals surface area (Å²) in [6.45, 7) is 0.711. The minimum Gasteiger partial charge on any atom is -0.493 e. The molecule has 110 valence electrons. The quantitative estimate of drug-likeness (QED) is 0.928. The summed E-state index contributed by atoms with van der Waals surface area (Å²) in [5.74, 6) is 0.485. The summed E-state index contributed by atoms with van der Waals surface area (Å²) in [4.78, 5) is 0. The summed E-state index contributed by atoms with van der Waals surface area (Å²) in [5.41, 5.74) is 8.93. The molecule has 3 rings (SSSR count). The number of fused-ring (bicyclic) bond motifs is 1. The van der Waals surface area contributed by atoms with Crippen LogP contribution in [0.25, 0.3) is 0 Å². The summed E-state index contributed by atoms with van der Waals surface area (Å²) in [6, 6.07) is 10.7. The molecule has 0 saturated carbocycles. The SMILES string of the molecule is NC(Cc1cccc(Cl)c1F)c1cccc2c1OCCC2. The molecule has 2 aromatic carbocycles. The van der Waals surface area contributed by atoms with E-state index in [2.05, 4.69) is 6.07 Å². The highest BCUT2D eigenvalue weighted by Gasteiger charge is 2.20. The van der Waals surface area contributed by atoms with Crippen molar-refractivity contribution in [1.82, 2.24) is 0 Å². The standard InChI is InChI=1S/C17H17ClFNO/c18-14-8-2-5-12(16(14)19)10-15(20)13-7-1-4-11-6-3-9-21-17(11)13/h1-2,4-5,7-8,15H,3,6,9-10,20H2. The molecule has 0 bridgehead atoms. The first kappa shape index (κ1) is 14.4. The summed E-state index contributed by atoms with van der Waals surface area (Å²) < 4.78 is 19.8. The molecule has 0 spiro atoms. The van der Waals surface area contributed by atoms with E-state index in [4.69, 9.17) is 22.1 Å². The van der Waals surface area contributed by atoms with Gasteiger partial charge in [0.2, 0.25) is 0 Å². The van der Waals surface area contributed by atoms with E-state index in [1.165, 1.54) is 5.56 Å². The molecule has 1 atom stereocenters. The zero-order chi connectivity index (χ0) is 14.8.